The summed E-state index contributed by atoms with van der Waals surface area (Å²) >= 11 is 13.9. The van der Waals surface area contributed by atoms with E-state index in [4.69, 9.17) is 23.2 Å². The highest BCUT2D eigenvalue weighted by atomic mass is 35.5. The molecule has 10 heteroatoms. The van der Waals surface area contributed by atoms with Crippen molar-refractivity contribution >= 4 is 64.2 Å². The first kappa shape index (κ1) is 31.7. The number of hydrogen-bond donors (Lipinski definition) is 2. The molecule has 0 bridgehead atoms. The fourth-order valence-electron chi connectivity index (χ4n) is 6.76. The molecule has 0 aliphatic carbocycles. The predicted octanol–water partition coefficient (Wildman–Crippen LogP) is 8.46. The third kappa shape index (κ3) is 5.14. The van der Waals surface area contributed by atoms with E-state index in [1.165, 1.54) is 25.9 Å². The van der Waals surface area contributed by atoms with Gasteiger partial charge in [0.05, 0.1) is 11.8 Å². The van der Waals surface area contributed by atoms with Crippen molar-refractivity contribution in [1.29, 1.82) is 10.8 Å². The van der Waals surface area contributed by atoms with Gasteiger partial charge in [0.15, 0.2) is 11.6 Å². The summed E-state index contributed by atoms with van der Waals surface area (Å²) < 4.78 is 0. The van der Waals surface area contributed by atoms with Gasteiger partial charge < -0.3 is 0 Å². The van der Waals surface area contributed by atoms with Gasteiger partial charge in [-0.1, -0.05) is 83.9 Å². The lowest BCUT2D eigenvalue weighted by molar-refractivity contribution is 0.0671. The van der Waals surface area contributed by atoms with Crippen LogP contribution < -0.4 is 0 Å². The Kier molecular flexibility index (Phi) is 8.63. The molecular formula is C36H30Cl2N4O3S. The van der Waals surface area contributed by atoms with Crippen LogP contribution in [0.1, 0.15) is 42.3 Å². The molecule has 0 radical (unpaired) electrons. The topological polar surface area (TPSA) is 105 Å². The van der Waals surface area contributed by atoms with Crippen molar-refractivity contribution in [2.75, 3.05) is 14.1 Å². The van der Waals surface area contributed by atoms with Crippen LogP contribution in [0.25, 0.3) is 0 Å². The molecular weight excluding hydrogens is 639 g/mol. The molecule has 2 saturated heterocycles. The first-order valence-corrected chi connectivity index (χ1v) is 16.3. The van der Waals surface area contributed by atoms with Gasteiger partial charge >= 0.3 is 6.03 Å². The Bertz CT molecular complexity index is 1700. The summed E-state index contributed by atoms with van der Waals surface area (Å²) in [6, 6.07) is 31.4. The zero-order valence-electron chi connectivity index (χ0n) is 25.0. The number of nitrogens with one attached hydrogen (secondary N) is 2. The van der Waals surface area contributed by atoms with Crippen LogP contribution in [0.5, 0.6) is 0 Å². The second-order valence-corrected chi connectivity index (χ2v) is 13.6. The summed E-state index contributed by atoms with van der Waals surface area (Å²) in [7, 11) is 2.92. The summed E-state index contributed by atoms with van der Waals surface area (Å²) in [6.07, 6.45) is 0. The molecule has 2 amide bonds. The fraction of sp³-hybridized carbons (Fsp3) is 0.194. The van der Waals surface area contributed by atoms with Crippen LogP contribution in [0.3, 0.4) is 0 Å². The average molecular weight is 670 g/mol. The van der Waals surface area contributed by atoms with Gasteiger partial charge in [0.1, 0.15) is 17.1 Å². The van der Waals surface area contributed by atoms with Gasteiger partial charge in [-0.15, -0.1) is 11.8 Å². The monoisotopic (exact) mass is 668 g/mol. The molecule has 2 heterocycles. The van der Waals surface area contributed by atoms with Crippen LogP contribution in [0.2, 0.25) is 10.0 Å². The minimum absolute atomic E-state index is 0.276. The van der Waals surface area contributed by atoms with Gasteiger partial charge in [0, 0.05) is 45.8 Å². The molecule has 4 unspecified atom stereocenters. The number of urea groups is 1. The van der Waals surface area contributed by atoms with Gasteiger partial charge in [-0.25, -0.2) is 4.79 Å². The summed E-state index contributed by atoms with van der Waals surface area (Å²) in [4.78, 5) is 45.8. The molecule has 4 aromatic rings. The summed E-state index contributed by atoms with van der Waals surface area (Å²) in [6.45, 7) is 0. The number of Topliss-reactive ketones (excluding diaryl/α,β-unsaturated/α-hetero) is 2. The zero-order valence-corrected chi connectivity index (χ0v) is 27.3. The Hall–Kier alpha value is -4.24. The van der Waals surface area contributed by atoms with Gasteiger partial charge in [0.2, 0.25) is 0 Å². The molecule has 2 aliphatic heterocycles. The molecule has 4 atom stereocenters. The van der Waals surface area contributed by atoms with Crippen LogP contribution in [0, 0.1) is 28.1 Å². The van der Waals surface area contributed by atoms with E-state index in [-0.39, 0.29) is 23.2 Å². The normalized spacial score (nSPS) is 24.7. The second-order valence-electron chi connectivity index (χ2n) is 11.5. The quantitative estimate of drug-likeness (QED) is 0.201. The third-order valence-corrected chi connectivity index (χ3v) is 11.2. The number of ketones is 2. The number of amidine groups is 2. The first-order chi connectivity index (χ1) is 22.1. The van der Waals surface area contributed by atoms with E-state index in [1.807, 2.05) is 60.7 Å². The molecule has 2 N–H and O–H groups in total. The van der Waals surface area contributed by atoms with Crippen LogP contribution in [-0.4, -0.2) is 53.2 Å². The number of benzene rings is 4. The number of carbonyl (C=O) groups is 3. The highest BCUT2D eigenvalue weighted by Gasteiger charge is 2.69. The van der Waals surface area contributed by atoms with Crippen molar-refractivity contribution in [2.24, 2.45) is 17.3 Å². The number of thioether (sulfide) groups is 1. The van der Waals surface area contributed by atoms with Gasteiger partial charge in [0.25, 0.3) is 0 Å². The maximum atomic E-state index is 15.0. The molecule has 7 nitrogen and oxygen atoms in total. The number of hydrogen-bond acceptors (Lipinski definition) is 6. The Morgan fingerprint density at radius 1 is 0.630 bits per heavy atom. The van der Waals surface area contributed by atoms with Crippen LogP contribution >= 0.6 is 35.0 Å². The van der Waals surface area contributed by atoms with E-state index in [2.05, 4.69) is 0 Å². The SMILES string of the molecule is CN1C(=N)C2(C(=N)N(C)C1=O)C(C(=O)c1ccc(Cl)cc1)C(c1ccccc1)SC(c1ccccc1)C2C(=O)c1ccc(Cl)cc1. The molecule has 4 aromatic carbocycles. The Labute approximate surface area is 281 Å². The number of halogens is 2. The number of carbonyl (C=O) groups excluding carboxylic acids is 3. The summed E-state index contributed by atoms with van der Waals surface area (Å²) in [5.74, 6) is -3.54. The largest absolute Gasteiger partial charge is 0.330 e. The molecule has 0 saturated carbocycles. The maximum Gasteiger partial charge on any atom is 0.330 e. The molecule has 232 valence electrons. The molecule has 6 rings (SSSR count). The van der Waals surface area contributed by atoms with E-state index in [0.29, 0.717) is 21.2 Å². The van der Waals surface area contributed by atoms with Gasteiger partial charge in [-0.2, -0.15) is 0 Å². The smallest absolute Gasteiger partial charge is 0.294 e. The molecule has 46 heavy (non-hydrogen) atoms. The average Bonchev–Trinajstić information content (AvgIpc) is 3.09. The van der Waals surface area contributed by atoms with Crippen molar-refractivity contribution in [3.8, 4) is 0 Å². The second kappa shape index (κ2) is 12.5. The molecule has 2 aliphatic rings. The number of rotatable bonds is 6. The number of amides is 2. The van der Waals surface area contributed by atoms with Crippen molar-refractivity contribution < 1.29 is 14.4 Å². The van der Waals surface area contributed by atoms with Gasteiger partial charge in [-0.3, -0.25) is 30.2 Å². The van der Waals surface area contributed by atoms with E-state index in [9.17, 15) is 15.6 Å². The minimum Gasteiger partial charge on any atom is -0.294 e. The van der Waals surface area contributed by atoms with Gasteiger partial charge in [-0.05, 0) is 59.7 Å². The summed E-state index contributed by atoms with van der Waals surface area (Å²) in [5, 5.41) is 19.1. The summed E-state index contributed by atoms with van der Waals surface area (Å²) in [5.41, 5.74) is 0.403. The number of nitrogens with zero attached hydrogens (tertiary/aromatic N) is 2. The highest BCUT2D eigenvalue weighted by molar-refractivity contribution is 7.99. The zero-order chi connectivity index (χ0) is 32.7. The van der Waals surface area contributed by atoms with E-state index in [0.717, 1.165) is 20.9 Å². The van der Waals surface area contributed by atoms with Crippen LogP contribution in [0.15, 0.2) is 109 Å². The van der Waals surface area contributed by atoms with Crippen molar-refractivity contribution in [3.05, 3.63) is 141 Å². The lowest BCUT2D eigenvalue weighted by Crippen LogP contribution is -2.71. The van der Waals surface area contributed by atoms with Crippen LogP contribution in [0.4, 0.5) is 4.79 Å². The van der Waals surface area contributed by atoms with Crippen molar-refractivity contribution in [2.45, 2.75) is 10.5 Å². The van der Waals surface area contributed by atoms with Crippen molar-refractivity contribution in [3.63, 3.8) is 0 Å². The predicted molar refractivity (Wildman–Crippen MR) is 183 cm³/mol. The van der Waals surface area contributed by atoms with E-state index in [1.54, 1.807) is 48.5 Å². The first-order valence-electron chi connectivity index (χ1n) is 14.6. The lowest BCUT2D eigenvalue weighted by atomic mass is 9.56. The minimum atomic E-state index is -1.86. The van der Waals surface area contributed by atoms with E-state index < -0.39 is 33.8 Å². The van der Waals surface area contributed by atoms with Crippen molar-refractivity contribution in [1.82, 2.24) is 9.80 Å². The standard InChI is InChI=1S/C36H30Cl2N4O3S/c1-41-33(39)36(34(40)42(2)35(41)45)27(29(43)21-13-17-25(37)18-14-21)31(23-9-5-3-6-10-23)46-32(24-11-7-4-8-12-24)28(36)30(44)22-15-19-26(38)20-16-22/h3-20,27-28,31-32,39-40H,1-2H3. The Balaban J connectivity index is 1.71. The maximum absolute atomic E-state index is 15.0. The Morgan fingerprint density at radius 3 is 1.33 bits per heavy atom. The molecule has 0 aromatic heterocycles. The van der Waals surface area contributed by atoms with E-state index >= 15 is 9.59 Å². The fourth-order valence-corrected chi connectivity index (χ4v) is 8.95. The third-order valence-electron chi connectivity index (χ3n) is 8.99. The molecule has 1 spiro atoms. The van der Waals surface area contributed by atoms with Crippen LogP contribution in [-0.2, 0) is 0 Å². The molecule has 2 fully saturated rings. The highest BCUT2D eigenvalue weighted by Crippen LogP contribution is 2.66. The lowest BCUT2D eigenvalue weighted by Gasteiger charge is -2.58. The Morgan fingerprint density at radius 2 is 0.978 bits per heavy atom.